The number of hydrogen-bond acceptors (Lipinski definition) is 6. The van der Waals surface area contributed by atoms with Crippen LogP contribution in [0.2, 0.25) is 0 Å². The van der Waals surface area contributed by atoms with Crippen molar-refractivity contribution in [3.05, 3.63) is 53.9 Å². The van der Waals surface area contributed by atoms with Crippen LogP contribution in [0.4, 0.5) is 0 Å². The molecule has 9 heteroatoms. The van der Waals surface area contributed by atoms with E-state index in [0.29, 0.717) is 23.4 Å². The molecule has 1 amide bonds. The molecule has 2 aromatic carbocycles. The van der Waals surface area contributed by atoms with Crippen LogP contribution in [0.1, 0.15) is 23.2 Å². The van der Waals surface area contributed by atoms with Crippen LogP contribution in [0.25, 0.3) is 10.8 Å². The molecule has 158 valence electrons. The highest BCUT2D eigenvalue weighted by molar-refractivity contribution is 7.89. The number of aryl methyl sites for hydroxylation is 1. The van der Waals surface area contributed by atoms with Crippen LogP contribution in [0.5, 0.6) is 5.75 Å². The Morgan fingerprint density at radius 1 is 1.10 bits per heavy atom. The van der Waals surface area contributed by atoms with Crippen LogP contribution >= 0.6 is 0 Å². The summed E-state index contributed by atoms with van der Waals surface area (Å²) in [4.78, 5) is 14.4. The lowest BCUT2D eigenvalue weighted by Crippen LogP contribution is -2.50. The smallest absolute Gasteiger partial charge is 0.292 e. The lowest BCUT2D eigenvalue weighted by molar-refractivity contribution is 0.0656. The predicted octanol–water partition coefficient (Wildman–Crippen LogP) is 2.68. The number of piperazine rings is 1. The summed E-state index contributed by atoms with van der Waals surface area (Å²) >= 11 is 0. The highest BCUT2D eigenvalue weighted by atomic mass is 32.2. The van der Waals surface area contributed by atoms with Crippen molar-refractivity contribution in [3.63, 3.8) is 0 Å². The molecular weight excluding hydrogens is 406 g/mol. The van der Waals surface area contributed by atoms with Gasteiger partial charge >= 0.3 is 0 Å². The Morgan fingerprint density at radius 2 is 1.80 bits per heavy atom. The van der Waals surface area contributed by atoms with Crippen molar-refractivity contribution in [3.8, 4) is 5.75 Å². The van der Waals surface area contributed by atoms with Gasteiger partial charge in [0.15, 0.2) is 0 Å². The Morgan fingerprint density at radius 3 is 2.43 bits per heavy atom. The maximum Gasteiger partial charge on any atom is 0.292 e. The maximum absolute atomic E-state index is 13.4. The van der Waals surface area contributed by atoms with Crippen molar-refractivity contribution in [1.29, 1.82) is 0 Å². The zero-order chi connectivity index (χ0) is 21.3. The Hall–Kier alpha value is -2.91. The molecule has 0 bridgehead atoms. The van der Waals surface area contributed by atoms with E-state index >= 15 is 0 Å². The van der Waals surface area contributed by atoms with Crippen molar-refractivity contribution >= 4 is 26.7 Å². The second-order valence-electron chi connectivity index (χ2n) is 7.07. The molecule has 0 aliphatic carbocycles. The van der Waals surface area contributed by atoms with Crippen molar-refractivity contribution in [2.75, 3.05) is 32.8 Å². The Kier molecular flexibility index (Phi) is 5.48. The Balaban J connectivity index is 1.57. The highest BCUT2D eigenvalue weighted by Crippen LogP contribution is 2.33. The Bertz CT molecular complexity index is 1180. The second-order valence-corrected chi connectivity index (χ2v) is 8.98. The molecule has 4 rings (SSSR count). The molecule has 0 unspecified atom stereocenters. The van der Waals surface area contributed by atoms with Gasteiger partial charge in [0.25, 0.3) is 5.91 Å². The van der Waals surface area contributed by atoms with Crippen LogP contribution in [-0.4, -0.2) is 61.5 Å². The van der Waals surface area contributed by atoms with Crippen LogP contribution in [0, 0.1) is 6.92 Å². The van der Waals surface area contributed by atoms with E-state index in [9.17, 15) is 13.2 Å². The number of fused-ring (bicyclic) bond motifs is 1. The summed E-state index contributed by atoms with van der Waals surface area (Å²) in [5, 5.41) is 5.12. The summed E-state index contributed by atoms with van der Waals surface area (Å²) in [5.41, 5.74) is 0.627. The first kappa shape index (κ1) is 20.4. The Labute approximate surface area is 175 Å². The van der Waals surface area contributed by atoms with Gasteiger partial charge in [-0.05, 0) is 26.0 Å². The SMILES string of the molecule is CCOc1ccc(S(=O)(=O)N2CCN(C(=O)c3cc(C)no3)CC2)c2ccccc12. The monoisotopic (exact) mass is 429 g/mol. The first-order chi connectivity index (χ1) is 14.4. The maximum atomic E-state index is 13.4. The number of nitrogens with zero attached hydrogens (tertiary/aromatic N) is 3. The molecule has 0 N–H and O–H groups in total. The van der Waals surface area contributed by atoms with Gasteiger partial charge in [-0.25, -0.2) is 8.42 Å². The minimum absolute atomic E-state index is 0.168. The van der Waals surface area contributed by atoms with Crippen LogP contribution in [-0.2, 0) is 10.0 Å². The first-order valence-corrected chi connectivity index (χ1v) is 11.2. The number of ether oxygens (including phenoxy) is 1. The summed E-state index contributed by atoms with van der Waals surface area (Å²) in [5.74, 6) is 0.547. The first-order valence-electron chi connectivity index (χ1n) is 9.79. The fourth-order valence-electron chi connectivity index (χ4n) is 3.64. The molecule has 1 aliphatic heterocycles. The topological polar surface area (TPSA) is 93.0 Å². The summed E-state index contributed by atoms with van der Waals surface area (Å²) in [6.45, 7) is 5.12. The third kappa shape index (κ3) is 3.66. The molecule has 1 aromatic heterocycles. The summed E-state index contributed by atoms with van der Waals surface area (Å²) < 4.78 is 38.9. The van der Waals surface area contributed by atoms with E-state index < -0.39 is 10.0 Å². The fraction of sp³-hybridized carbons (Fsp3) is 0.333. The highest BCUT2D eigenvalue weighted by Gasteiger charge is 2.32. The standard InChI is InChI=1S/C21H23N3O5S/c1-3-28-18-8-9-20(17-7-5-4-6-16(17)18)30(26,27)24-12-10-23(11-13-24)21(25)19-14-15(2)22-29-19/h4-9,14H,3,10-13H2,1-2H3. The quantitative estimate of drug-likeness (QED) is 0.619. The van der Waals surface area contributed by atoms with E-state index in [2.05, 4.69) is 5.16 Å². The second kappa shape index (κ2) is 8.08. The van der Waals surface area contributed by atoms with Crippen LogP contribution in [0.3, 0.4) is 0 Å². The number of benzene rings is 2. The van der Waals surface area contributed by atoms with Crippen LogP contribution < -0.4 is 4.74 Å². The van der Waals surface area contributed by atoms with Crippen molar-refractivity contribution in [1.82, 2.24) is 14.4 Å². The van der Waals surface area contributed by atoms with Gasteiger partial charge < -0.3 is 14.2 Å². The van der Waals surface area contributed by atoms with Gasteiger partial charge in [-0.15, -0.1) is 0 Å². The largest absolute Gasteiger partial charge is 0.493 e. The van der Waals surface area contributed by atoms with Gasteiger partial charge in [-0.3, -0.25) is 4.79 Å². The van der Waals surface area contributed by atoms with Gasteiger partial charge in [0.05, 0.1) is 17.2 Å². The molecule has 0 saturated carbocycles. The minimum atomic E-state index is -3.73. The summed E-state index contributed by atoms with van der Waals surface area (Å²) in [6, 6.07) is 12.2. The van der Waals surface area contributed by atoms with Crippen molar-refractivity contribution in [2.45, 2.75) is 18.7 Å². The average Bonchev–Trinajstić information content (AvgIpc) is 3.20. The molecule has 0 atom stereocenters. The van der Waals surface area contributed by atoms with E-state index in [1.807, 2.05) is 25.1 Å². The number of aromatic nitrogens is 1. The molecule has 3 aromatic rings. The molecule has 1 saturated heterocycles. The van der Waals surface area contributed by atoms with Crippen molar-refractivity contribution in [2.24, 2.45) is 0 Å². The van der Waals surface area contributed by atoms with E-state index in [0.717, 1.165) is 5.39 Å². The van der Waals surface area contributed by atoms with Gasteiger partial charge in [0, 0.05) is 43.0 Å². The number of carbonyl (C=O) groups excluding carboxylic acids is 1. The molecular formula is C21H23N3O5S. The number of carbonyl (C=O) groups is 1. The van der Waals surface area contributed by atoms with E-state index in [1.54, 1.807) is 36.1 Å². The number of amides is 1. The van der Waals surface area contributed by atoms with E-state index in [4.69, 9.17) is 9.26 Å². The lowest BCUT2D eigenvalue weighted by Gasteiger charge is -2.33. The molecule has 1 aliphatic rings. The summed E-state index contributed by atoms with van der Waals surface area (Å²) in [6.07, 6.45) is 0. The van der Waals surface area contributed by atoms with Crippen molar-refractivity contribution < 1.29 is 22.5 Å². The van der Waals surface area contributed by atoms with Gasteiger partial charge in [0.2, 0.25) is 15.8 Å². The fourth-order valence-corrected chi connectivity index (χ4v) is 5.26. The molecule has 0 radical (unpaired) electrons. The molecule has 0 spiro atoms. The summed E-state index contributed by atoms with van der Waals surface area (Å²) in [7, 11) is -3.73. The lowest BCUT2D eigenvalue weighted by atomic mass is 10.1. The van der Waals surface area contributed by atoms with Gasteiger partial charge in [-0.1, -0.05) is 29.4 Å². The number of rotatable bonds is 5. The normalized spacial score (nSPS) is 15.5. The third-order valence-electron chi connectivity index (χ3n) is 5.13. The zero-order valence-electron chi connectivity index (χ0n) is 16.9. The number of sulfonamides is 1. The van der Waals surface area contributed by atoms with Gasteiger partial charge in [-0.2, -0.15) is 4.31 Å². The third-order valence-corrected chi connectivity index (χ3v) is 7.08. The van der Waals surface area contributed by atoms with Crippen LogP contribution in [0.15, 0.2) is 51.9 Å². The zero-order valence-corrected chi connectivity index (χ0v) is 17.7. The number of hydrogen-bond donors (Lipinski definition) is 0. The van der Waals surface area contributed by atoms with E-state index in [1.165, 1.54) is 4.31 Å². The molecule has 8 nitrogen and oxygen atoms in total. The predicted molar refractivity (Wildman–Crippen MR) is 111 cm³/mol. The minimum Gasteiger partial charge on any atom is -0.493 e. The van der Waals surface area contributed by atoms with Gasteiger partial charge in [0.1, 0.15) is 5.75 Å². The molecule has 30 heavy (non-hydrogen) atoms. The molecule has 2 heterocycles. The molecule has 1 fully saturated rings. The average molecular weight is 429 g/mol. The van der Waals surface area contributed by atoms with E-state index in [-0.39, 0.29) is 42.7 Å².